The molecule has 0 radical (unpaired) electrons. The number of hydrogen-bond acceptors (Lipinski definition) is 5. The summed E-state index contributed by atoms with van der Waals surface area (Å²) in [5, 5.41) is 12.9. The Bertz CT molecular complexity index is 1210. The van der Waals surface area contributed by atoms with Crippen molar-refractivity contribution < 1.29 is 13.2 Å². The first kappa shape index (κ1) is 23.5. The number of carbonyl (C=O) groups excluding carboxylic acids is 1. The molecule has 2 aliphatic rings. The number of nitrogens with zero attached hydrogens (tertiary/aromatic N) is 2. The van der Waals surface area contributed by atoms with Crippen molar-refractivity contribution in [2.24, 2.45) is 5.92 Å². The highest BCUT2D eigenvalue weighted by Gasteiger charge is 2.31. The summed E-state index contributed by atoms with van der Waals surface area (Å²) < 4.78 is 27.8. The van der Waals surface area contributed by atoms with E-state index in [1.54, 1.807) is 0 Å². The van der Waals surface area contributed by atoms with E-state index in [2.05, 4.69) is 18.3 Å². The van der Waals surface area contributed by atoms with E-state index in [0.717, 1.165) is 49.0 Å². The largest absolute Gasteiger partial charge is 0.312 e. The van der Waals surface area contributed by atoms with Gasteiger partial charge in [0.2, 0.25) is 10.0 Å². The van der Waals surface area contributed by atoms with Gasteiger partial charge in [0.25, 0.3) is 5.91 Å². The van der Waals surface area contributed by atoms with Crippen LogP contribution in [-0.4, -0.2) is 31.7 Å². The first-order valence-electron chi connectivity index (χ1n) is 10.6. The lowest BCUT2D eigenvalue weighted by molar-refractivity contribution is 0.102. The average Bonchev–Trinajstić information content (AvgIpc) is 3.10. The van der Waals surface area contributed by atoms with Crippen LogP contribution < -0.4 is 5.32 Å². The van der Waals surface area contributed by atoms with E-state index in [0.29, 0.717) is 29.6 Å². The monoisotopic (exact) mass is 511 g/mol. The number of piperidine rings is 1. The highest BCUT2D eigenvalue weighted by atomic mass is 35.5. The van der Waals surface area contributed by atoms with Gasteiger partial charge in [-0.1, -0.05) is 30.1 Å². The van der Waals surface area contributed by atoms with Crippen molar-refractivity contribution in [3.8, 4) is 6.07 Å². The average molecular weight is 512 g/mol. The molecule has 1 aromatic carbocycles. The molecule has 0 atom stereocenters. The van der Waals surface area contributed by atoms with Gasteiger partial charge in [-0.2, -0.15) is 9.57 Å². The summed E-state index contributed by atoms with van der Waals surface area (Å²) >= 11 is 13.9. The predicted octanol–water partition coefficient (Wildman–Crippen LogP) is 5.48. The summed E-state index contributed by atoms with van der Waals surface area (Å²) in [7, 11) is -3.86. The summed E-state index contributed by atoms with van der Waals surface area (Å²) in [4.78, 5) is 14.1. The minimum Gasteiger partial charge on any atom is -0.312 e. The summed E-state index contributed by atoms with van der Waals surface area (Å²) in [6, 6.07) is 4.74. The second-order valence-electron chi connectivity index (χ2n) is 8.33. The normalized spacial score (nSPS) is 17.6. The van der Waals surface area contributed by atoms with Gasteiger partial charge in [-0.05, 0) is 62.1 Å². The van der Waals surface area contributed by atoms with E-state index in [1.165, 1.54) is 27.8 Å². The number of hydrogen-bond donors (Lipinski definition) is 1. The molecular formula is C22H23Cl2N3O3S2. The van der Waals surface area contributed by atoms with Crippen molar-refractivity contribution in [1.29, 1.82) is 5.26 Å². The third kappa shape index (κ3) is 4.42. The zero-order valence-corrected chi connectivity index (χ0v) is 20.7. The summed E-state index contributed by atoms with van der Waals surface area (Å²) in [6.07, 6.45) is 5.35. The highest BCUT2D eigenvalue weighted by Crippen LogP contribution is 2.38. The number of halogens is 2. The van der Waals surface area contributed by atoms with E-state index >= 15 is 0 Å². The number of rotatable bonds is 4. The summed E-state index contributed by atoms with van der Waals surface area (Å²) in [6.45, 7) is 2.92. The molecule has 0 unspecified atom stereocenters. The van der Waals surface area contributed by atoms with Crippen molar-refractivity contribution in [1.82, 2.24) is 4.31 Å². The van der Waals surface area contributed by atoms with Crippen LogP contribution in [0.1, 0.15) is 59.0 Å². The van der Waals surface area contributed by atoms with Crippen LogP contribution >= 0.6 is 34.5 Å². The molecule has 0 saturated carbocycles. The molecule has 170 valence electrons. The zero-order valence-electron chi connectivity index (χ0n) is 17.6. The first-order valence-corrected chi connectivity index (χ1v) is 13.6. The number of nitriles is 1. The molecule has 1 aromatic heterocycles. The standard InChI is InChI=1S/C22H23Cl2N3O3S2/c1-13-6-8-27(9-7-13)32(29,30)20-10-15(17(23)11-18(20)24)21(28)26-22-16(12-25)14-4-2-3-5-19(14)31-22/h10-11,13H,2-9H2,1H3,(H,26,28). The first-order chi connectivity index (χ1) is 15.2. The van der Waals surface area contributed by atoms with E-state index in [-0.39, 0.29) is 20.5 Å². The molecule has 1 amide bonds. The Morgan fingerprint density at radius 1 is 1.19 bits per heavy atom. The Morgan fingerprint density at radius 3 is 2.56 bits per heavy atom. The van der Waals surface area contributed by atoms with Crippen LogP contribution in [0.25, 0.3) is 0 Å². The Morgan fingerprint density at radius 2 is 1.88 bits per heavy atom. The number of carbonyl (C=O) groups is 1. The smallest absolute Gasteiger partial charge is 0.257 e. The summed E-state index contributed by atoms with van der Waals surface area (Å²) in [5.41, 5.74) is 1.50. The molecule has 32 heavy (non-hydrogen) atoms. The van der Waals surface area contributed by atoms with Gasteiger partial charge < -0.3 is 5.32 Å². The molecule has 1 N–H and O–H groups in total. The Balaban J connectivity index is 1.66. The van der Waals surface area contributed by atoms with Gasteiger partial charge >= 0.3 is 0 Å². The number of aryl methyl sites for hydroxylation is 1. The third-order valence-corrected chi connectivity index (χ3v) is 10.0. The van der Waals surface area contributed by atoms with Crippen LogP contribution in [-0.2, 0) is 22.9 Å². The van der Waals surface area contributed by atoms with Crippen LogP contribution in [0.4, 0.5) is 5.00 Å². The molecule has 1 saturated heterocycles. The number of benzene rings is 1. The number of sulfonamides is 1. The predicted molar refractivity (Wildman–Crippen MR) is 127 cm³/mol. The maximum Gasteiger partial charge on any atom is 0.257 e. The summed E-state index contributed by atoms with van der Waals surface area (Å²) in [5.74, 6) is -0.0973. The van der Waals surface area contributed by atoms with E-state index in [9.17, 15) is 18.5 Å². The SMILES string of the molecule is CC1CCN(S(=O)(=O)c2cc(C(=O)Nc3sc4c(c3C#N)CCCC4)c(Cl)cc2Cl)CC1. The molecule has 10 heteroatoms. The van der Waals surface area contributed by atoms with Gasteiger partial charge in [-0.3, -0.25) is 4.79 Å². The van der Waals surface area contributed by atoms with Crippen LogP contribution in [0, 0.1) is 17.2 Å². The number of thiophene rings is 1. The van der Waals surface area contributed by atoms with E-state index < -0.39 is 15.9 Å². The molecule has 2 heterocycles. The third-order valence-electron chi connectivity index (χ3n) is 6.14. The lowest BCUT2D eigenvalue weighted by Gasteiger charge is -2.29. The molecule has 0 bridgehead atoms. The lowest BCUT2D eigenvalue weighted by atomic mass is 9.96. The van der Waals surface area contributed by atoms with Gasteiger partial charge in [0, 0.05) is 18.0 Å². The minimum absolute atomic E-state index is 0.00952. The molecule has 0 spiro atoms. The van der Waals surface area contributed by atoms with Gasteiger partial charge in [0.15, 0.2) is 0 Å². The number of nitrogens with one attached hydrogen (secondary N) is 1. The van der Waals surface area contributed by atoms with E-state index in [4.69, 9.17) is 23.2 Å². The molecule has 2 aromatic rings. The molecule has 1 aliphatic heterocycles. The van der Waals surface area contributed by atoms with Crippen molar-refractivity contribution in [3.63, 3.8) is 0 Å². The van der Waals surface area contributed by atoms with Crippen LogP contribution in [0.3, 0.4) is 0 Å². The topological polar surface area (TPSA) is 90.3 Å². The van der Waals surface area contributed by atoms with Crippen molar-refractivity contribution in [2.45, 2.75) is 50.3 Å². The highest BCUT2D eigenvalue weighted by molar-refractivity contribution is 7.89. The van der Waals surface area contributed by atoms with Gasteiger partial charge in [0.05, 0.1) is 21.2 Å². The van der Waals surface area contributed by atoms with Crippen LogP contribution in [0.15, 0.2) is 17.0 Å². The van der Waals surface area contributed by atoms with Crippen molar-refractivity contribution >= 4 is 55.5 Å². The lowest BCUT2D eigenvalue weighted by Crippen LogP contribution is -2.38. The Labute approximate surface area is 202 Å². The number of anilines is 1. The van der Waals surface area contributed by atoms with E-state index in [1.807, 2.05) is 0 Å². The van der Waals surface area contributed by atoms with Crippen molar-refractivity contribution in [3.05, 3.63) is 43.7 Å². The number of amides is 1. The van der Waals surface area contributed by atoms with Crippen LogP contribution in [0.2, 0.25) is 10.0 Å². The van der Waals surface area contributed by atoms with Gasteiger partial charge in [-0.15, -0.1) is 11.3 Å². The molecule has 6 nitrogen and oxygen atoms in total. The van der Waals surface area contributed by atoms with Gasteiger partial charge in [-0.25, -0.2) is 8.42 Å². The molecule has 1 fully saturated rings. The van der Waals surface area contributed by atoms with Gasteiger partial charge in [0.1, 0.15) is 16.0 Å². The Kier molecular flexibility index (Phi) is 6.85. The molecular weight excluding hydrogens is 489 g/mol. The fourth-order valence-corrected chi connectivity index (χ4v) is 7.75. The maximum atomic E-state index is 13.2. The maximum absolute atomic E-state index is 13.2. The van der Waals surface area contributed by atoms with Crippen molar-refractivity contribution in [2.75, 3.05) is 18.4 Å². The second-order valence-corrected chi connectivity index (χ2v) is 12.2. The van der Waals surface area contributed by atoms with Crippen LogP contribution in [0.5, 0.6) is 0 Å². The molecule has 4 rings (SSSR count). The molecule has 1 aliphatic carbocycles. The fourth-order valence-electron chi connectivity index (χ4n) is 4.21. The minimum atomic E-state index is -3.86. The Hall–Kier alpha value is -1.63. The second kappa shape index (κ2) is 9.32. The zero-order chi connectivity index (χ0) is 23.0. The quantitative estimate of drug-likeness (QED) is 0.588. The number of fused-ring (bicyclic) bond motifs is 1. The fraction of sp³-hybridized carbons (Fsp3) is 0.455.